The number of methoxy groups -OCH3 is 1. The Hall–Kier alpha value is -3.62. The molecule has 3 rings (SSSR count). The van der Waals surface area contributed by atoms with Gasteiger partial charge in [-0.2, -0.15) is 0 Å². The van der Waals surface area contributed by atoms with E-state index in [0.717, 1.165) is 12.1 Å². The first-order valence-electron chi connectivity index (χ1n) is 8.09. The summed E-state index contributed by atoms with van der Waals surface area (Å²) < 4.78 is 45.1. The Labute approximate surface area is 158 Å². The number of hydrogen-bond donors (Lipinski definition) is 2. The van der Waals surface area contributed by atoms with Crippen molar-refractivity contribution >= 4 is 29.0 Å². The number of esters is 1. The molecular weight excluding hydrogens is 373 g/mol. The number of ether oxygens (including phenoxy) is 1. The summed E-state index contributed by atoms with van der Waals surface area (Å²) in [6, 6.07) is 9.94. The number of carbonyl (C=O) groups is 1. The zero-order chi connectivity index (χ0) is 20.3. The highest BCUT2D eigenvalue weighted by molar-refractivity contribution is 5.96. The molecule has 2 N–H and O–H groups in total. The van der Waals surface area contributed by atoms with E-state index in [0.29, 0.717) is 22.9 Å². The van der Waals surface area contributed by atoms with E-state index in [9.17, 15) is 18.0 Å². The minimum atomic E-state index is -1.58. The van der Waals surface area contributed by atoms with Gasteiger partial charge in [-0.05, 0) is 31.2 Å². The minimum absolute atomic E-state index is 0.149. The van der Waals surface area contributed by atoms with E-state index >= 15 is 0 Å². The van der Waals surface area contributed by atoms with Crippen LogP contribution in [0, 0.1) is 24.4 Å². The van der Waals surface area contributed by atoms with Crippen LogP contribution in [0.3, 0.4) is 0 Å². The van der Waals surface area contributed by atoms with Gasteiger partial charge in [0.25, 0.3) is 0 Å². The summed E-state index contributed by atoms with van der Waals surface area (Å²) in [7, 11) is 1.27. The van der Waals surface area contributed by atoms with Crippen LogP contribution in [0.4, 0.5) is 36.2 Å². The van der Waals surface area contributed by atoms with Gasteiger partial charge in [-0.15, -0.1) is 0 Å². The summed E-state index contributed by atoms with van der Waals surface area (Å²) in [5.74, 6) is -3.99. The molecule has 0 aliphatic carbocycles. The Balaban J connectivity index is 1.91. The molecule has 0 bridgehead atoms. The first kappa shape index (κ1) is 19.2. The van der Waals surface area contributed by atoms with Crippen molar-refractivity contribution in [3.05, 3.63) is 71.3 Å². The molecule has 0 fully saturated rings. The van der Waals surface area contributed by atoms with Crippen LogP contribution in [0.2, 0.25) is 0 Å². The molecule has 0 saturated heterocycles. The molecule has 0 spiro atoms. The van der Waals surface area contributed by atoms with Crippen molar-refractivity contribution in [3.8, 4) is 0 Å². The quantitative estimate of drug-likeness (QED) is 0.496. The van der Waals surface area contributed by atoms with E-state index in [4.69, 9.17) is 4.74 Å². The molecule has 144 valence electrons. The molecule has 28 heavy (non-hydrogen) atoms. The summed E-state index contributed by atoms with van der Waals surface area (Å²) in [5.41, 5.74) is 0.456. The van der Waals surface area contributed by atoms with Crippen molar-refractivity contribution in [2.75, 3.05) is 17.7 Å². The van der Waals surface area contributed by atoms with Crippen LogP contribution in [-0.2, 0) is 4.74 Å². The van der Waals surface area contributed by atoms with E-state index < -0.39 is 23.4 Å². The molecular formula is C19H15F3N4O2. The molecule has 9 heteroatoms. The van der Waals surface area contributed by atoms with Crippen LogP contribution in [0.1, 0.15) is 16.2 Å². The third-order valence-corrected chi connectivity index (χ3v) is 3.73. The second kappa shape index (κ2) is 7.95. The van der Waals surface area contributed by atoms with Crippen LogP contribution in [0.15, 0.2) is 42.5 Å². The summed E-state index contributed by atoms with van der Waals surface area (Å²) >= 11 is 0. The summed E-state index contributed by atoms with van der Waals surface area (Å²) in [5, 5.41) is 5.56. The number of carbonyl (C=O) groups excluding carboxylic acids is 1. The van der Waals surface area contributed by atoms with Crippen molar-refractivity contribution in [2.24, 2.45) is 0 Å². The number of aryl methyl sites for hydroxylation is 1. The van der Waals surface area contributed by atoms with Crippen molar-refractivity contribution in [1.29, 1.82) is 0 Å². The van der Waals surface area contributed by atoms with E-state index in [-0.39, 0.29) is 11.5 Å². The van der Waals surface area contributed by atoms with Crippen LogP contribution in [0.25, 0.3) is 0 Å². The van der Waals surface area contributed by atoms with Crippen molar-refractivity contribution in [3.63, 3.8) is 0 Å². The van der Waals surface area contributed by atoms with Gasteiger partial charge in [0.1, 0.15) is 17.5 Å². The largest absolute Gasteiger partial charge is 0.465 e. The maximum absolute atomic E-state index is 13.9. The monoisotopic (exact) mass is 388 g/mol. The third kappa shape index (κ3) is 4.03. The third-order valence-electron chi connectivity index (χ3n) is 3.73. The summed E-state index contributed by atoms with van der Waals surface area (Å²) in [4.78, 5) is 20.2. The van der Waals surface area contributed by atoms with Crippen molar-refractivity contribution in [2.45, 2.75) is 6.92 Å². The van der Waals surface area contributed by atoms with Crippen LogP contribution >= 0.6 is 0 Å². The highest BCUT2D eigenvalue weighted by Gasteiger charge is 2.15. The number of rotatable bonds is 5. The SMILES string of the molecule is COC(=O)c1ccccc1Nc1cc(Nc2ccc(F)c(F)c2F)nc(C)n1. The fraction of sp³-hybridized carbons (Fsp3) is 0.105. The maximum atomic E-state index is 13.9. The number of benzene rings is 2. The highest BCUT2D eigenvalue weighted by atomic mass is 19.2. The Morgan fingerprint density at radius 1 is 0.929 bits per heavy atom. The smallest absolute Gasteiger partial charge is 0.339 e. The molecule has 1 aromatic heterocycles. The predicted octanol–water partition coefficient (Wildman–Crippen LogP) is 4.48. The van der Waals surface area contributed by atoms with Crippen LogP contribution < -0.4 is 10.6 Å². The molecule has 1 heterocycles. The van der Waals surface area contributed by atoms with Crippen molar-refractivity contribution < 1.29 is 22.7 Å². The van der Waals surface area contributed by atoms with Crippen LogP contribution in [0.5, 0.6) is 0 Å². The van der Waals surface area contributed by atoms with Gasteiger partial charge < -0.3 is 15.4 Å². The Morgan fingerprint density at radius 3 is 2.25 bits per heavy atom. The van der Waals surface area contributed by atoms with E-state index in [1.165, 1.54) is 13.2 Å². The average Bonchev–Trinajstić information content (AvgIpc) is 2.68. The Morgan fingerprint density at radius 2 is 1.57 bits per heavy atom. The molecule has 0 aliphatic heterocycles. The molecule has 0 saturated carbocycles. The number of halogens is 3. The zero-order valence-electron chi connectivity index (χ0n) is 14.9. The lowest BCUT2D eigenvalue weighted by Gasteiger charge is -2.13. The first-order valence-corrected chi connectivity index (χ1v) is 8.09. The van der Waals surface area contributed by atoms with Gasteiger partial charge in [0.05, 0.1) is 24.0 Å². The molecule has 0 aliphatic rings. The lowest BCUT2D eigenvalue weighted by molar-refractivity contribution is 0.0602. The van der Waals surface area contributed by atoms with Gasteiger partial charge in [0, 0.05) is 6.07 Å². The normalized spacial score (nSPS) is 10.5. The van der Waals surface area contributed by atoms with Gasteiger partial charge in [-0.25, -0.2) is 27.9 Å². The molecule has 3 aromatic rings. The fourth-order valence-corrected chi connectivity index (χ4v) is 2.47. The number of anilines is 4. The van der Waals surface area contributed by atoms with E-state index in [1.54, 1.807) is 31.2 Å². The second-order valence-corrected chi connectivity index (χ2v) is 5.70. The average molecular weight is 388 g/mol. The minimum Gasteiger partial charge on any atom is -0.465 e. The lowest BCUT2D eigenvalue weighted by atomic mass is 10.2. The van der Waals surface area contributed by atoms with Crippen LogP contribution in [-0.4, -0.2) is 23.0 Å². The fourth-order valence-electron chi connectivity index (χ4n) is 2.47. The number of nitrogens with one attached hydrogen (secondary N) is 2. The molecule has 0 amide bonds. The number of nitrogens with zero attached hydrogens (tertiary/aromatic N) is 2. The first-order chi connectivity index (χ1) is 13.4. The Bertz CT molecular complexity index is 1040. The number of hydrogen-bond acceptors (Lipinski definition) is 6. The van der Waals surface area contributed by atoms with Gasteiger partial charge in [0.15, 0.2) is 17.5 Å². The standard InChI is InChI=1S/C19H15F3N4O2/c1-10-23-15(25-13-6-4-3-5-11(13)19(27)28-2)9-16(24-10)26-14-8-7-12(20)17(21)18(14)22/h3-9H,1-2H3,(H2,23,24,25,26). The Kier molecular flexibility index (Phi) is 5.44. The molecule has 0 unspecified atom stereocenters. The van der Waals surface area contributed by atoms with Gasteiger partial charge in [0.2, 0.25) is 0 Å². The topological polar surface area (TPSA) is 76.1 Å². The van der Waals surface area contributed by atoms with E-state index in [2.05, 4.69) is 20.6 Å². The second-order valence-electron chi connectivity index (χ2n) is 5.70. The molecule has 6 nitrogen and oxygen atoms in total. The summed E-state index contributed by atoms with van der Waals surface area (Å²) in [6.07, 6.45) is 0. The zero-order valence-corrected chi connectivity index (χ0v) is 14.9. The number of aromatic nitrogens is 2. The predicted molar refractivity (Wildman–Crippen MR) is 97.4 cm³/mol. The lowest BCUT2D eigenvalue weighted by Crippen LogP contribution is -2.07. The number of para-hydroxylation sites is 1. The maximum Gasteiger partial charge on any atom is 0.339 e. The summed E-state index contributed by atoms with van der Waals surface area (Å²) in [6.45, 7) is 1.60. The molecule has 2 aromatic carbocycles. The van der Waals surface area contributed by atoms with Gasteiger partial charge in [-0.3, -0.25) is 0 Å². The van der Waals surface area contributed by atoms with Gasteiger partial charge >= 0.3 is 5.97 Å². The van der Waals surface area contributed by atoms with E-state index in [1.807, 2.05) is 0 Å². The molecule has 0 radical (unpaired) electrons. The molecule has 0 atom stereocenters. The van der Waals surface area contributed by atoms with Gasteiger partial charge in [-0.1, -0.05) is 12.1 Å². The van der Waals surface area contributed by atoms with Crippen molar-refractivity contribution in [1.82, 2.24) is 9.97 Å². The highest BCUT2D eigenvalue weighted by Crippen LogP contribution is 2.26.